The van der Waals surface area contributed by atoms with Gasteiger partial charge in [-0.25, -0.2) is 9.07 Å². The minimum Gasteiger partial charge on any atom is -0.481 e. The maximum absolute atomic E-state index is 14.2. The molecular weight excluding hydrogens is 478 g/mol. The first-order chi connectivity index (χ1) is 16.6. The number of rotatable bonds is 10. The number of aliphatic carboxylic acids is 1. The lowest BCUT2D eigenvalue weighted by Crippen LogP contribution is -2.33. The number of ketones is 1. The van der Waals surface area contributed by atoms with E-state index in [4.69, 9.17) is 5.11 Å². The molecule has 1 atom stereocenters. The van der Waals surface area contributed by atoms with Crippen LogP contribution in [0.25, 0.3) is 0 Å². The van der Waals surface area contributed by atoms with Gasteiger partial charge in [0, 0.05) is 25.2 Å². The van der Waals surface area contributed by atoms with Crippen LogP contribution in [-0.2, 0) is 22.2 Å². The molecule has 1 aliphatic carbocycles. The smallest absolute Gasteiger partial charge is 0.434 e. The monoisotopic (exact) mass is 511 g/mol. The third kappa shape index (κ3) is 7.13. The fourth-order valence-corrected chi connectivity index (χ4v) is 5.03. The van der Waals surface area contributed by atoms with Crippen LogP contribution in [0.2, 0.25) is 0 Å². The van der Waals surface area contributed by atoms with Crippen LogP contribution in [0.4, 0.5) is 17.6 Å². The van der Waals surface area contributed by atoms with E-state index in [1.165, 1.54) is 12.1 Å². The quantitative estimate of drug-likeness (QED) is 0.380. The number of carbonyl (C=O) groups excluding carboxylic acids is 1. The molecule has 0 radical (unpaired) electrons. The largest absolute Gasteiger partial charge is 0.481 e. The highest BCUT2D eigenvalue weighted by Crippen LogP contribution is 2.47. The summed E-state index contributed by atoms with van der Waals surface area (Å²) in [5, 5.41) is 16.8. The second-order valence-electron chi connectivity index (χ2n) is 11.2. The minimum atomic E-state index is -4.78. The number of Topliss-reactive ketones (excluding diaryl/α,β-unsaturated/α-hetero) is 1. The van der Waals surface area contributed by atoms with E-state index in [-0.39, 0.29) is 36.2 Å². The minimum absolute atomic E-state index is 0.0647. The van der Waals surface area contributed by atoms with Crippen molar-refractivity contribution in [2.45, 2.75) is 90.8 Å². The summed E-state index contributed by atoms with van der Waals surface area (Å²) in [6.07, 6.45) is -4.13. The van der Waals surface area contributed by atoms with E-state index in [9.17, 15) is 27.2 Å². The molecule has 0 bridgehead atoms. The van der Waals surface area contributed by atoms with Crippen LogP contribution in [0.15, 0.2) is 18.2 Å². The van der Waals surface area contributed by atoms with Crippen LogP contribution < -0.4 is 0 Å². The van der Waals surface area contributed by atoms with Gasteiger partial charge in [0.25, 0.3) is 0 Å². The molecule has 1 saturated carbocycles. The number of alkyl halides is 3. The molecule has 1 aliphatic rings. The van der Waals surface area contributed by atoms with E-state index in [0.717, 1.165) is 11.1 Å². The predicted octanol–water partition coefficient (Wildman–Crippen LogP) is 6.28. The predicted molar refractivity (Wildman–Crippen MR) is 125 cm³/mol. The number of carboxylic acids is 1. The Kier molecular flexibility index (Phi) is 8.25. The highest BCUT2D eigenvalue weighted by atomic mass is 19.4. The van der Waals surface area contributed by atoms with Crippen molar-refractivity contribution in [1.82, 2.24) is 15.0 Å². The Morgan fingerprint density at radius 1 is 1.19 bits per heavy atom. The second kappa shape index (κ2) is 10.7. The molecule has 198 valence electrons. The molecule has 1 aromatic heterocycles. The second-order valence-corrected chi connectivity index (χ2v) is 11.2. The van der Waals surface area contributed by atoms with Gasteiger partial charge in [0.15, 0.2) is 5.69 Å². The summed E-state index contributed by atoms with van der Waals surface area (Å²) >= 11 is 0. The number of benzene rings is 1. The zero-order valence-corrected chi connectivity index (χ0v) is 21.0. The highest BCUT2D eigenvalue weighted by molar-refractivity contribution is 5.81. The standard InChI is InChI=1S/C26H33F4N3O3/c1-15-5-6-17(21(27)9-15)12-20(34)13-18(7-8-22(35)36)23-24(26(28,29)30)33(32-31-23)19-10-16(11-19)14-25(2,3)4/h5-6,9,16,18-19H,7-8,10-14H2,1-4H3,(H,35,36). The summed E-state index contributed by atoms with van der Waals surface area (Å²) in [7, 11) is 0. The lowest BCUT2D eigenvalue weighted by atomic mass is 9.71. The summed E-state index contributed by atoms with van der Waals surface area (Å²) in [5.74, 6) is -3.07. The normalized spacial score (nSPS) is 19.1. The Hall–Kier alpha value is -2.78. The summed E-state index contributed by atoms with van der Waals surface area (Å²) in [5.41, 5.74) is -0.557. The molecular formula is C26H33F4N3O3. The summed E-state index contributed by atoms with van der Waals surface area (Å²) in [6, 6.07) is 3.94. The molecule has 36 heavy (non-hydrogen) atoms. The lowest BCUT2D eigenvalue weighted by Gasteiger charge is -2.39. The average molecular weight is 512 g/mol. The third-order valence-electron chi connectivity index (χ3n) is 6.61. The van der Waals surface area contributed by atoms with Crippen LogP contribution in [0.3, 0.4) is 0 Å². The maximum atomic E-state index is 14.2. The molecule has 0 saturated heterocycles. The van der Waals surface area contributed by atoms with Crippen molar-refractivity contribution in [3.05, 3.63) is 46.5 Å². The number of carboxylic acid groups (broad SMARTS) is 1. The zero-order valence-electron chi connectivity index (χ0n) is 21.0. The Labute approximate surface area is 208 Å². The lowest BCUT2D eigenvalue weighted by molar-refractivity contribution is -0.147. The number of nitrogens with zero attached hydrogens (tertiary/aromatic N) is 3. The molecule has 0 aliphatic heterocycles. The topological polar surface area (TPSA) is 85.1 Å². The van der Waals surface area contributed by atoms with Gasteiger partial charge in [-0.05, 0) is 61.1 Å². The number of hydrogen-bond donors (Lipinski definition) is 1. The van der Waals surface area contributed by atoms with Crippen LogP contribution in [0.1, 0.15) is 93.8 Å². The highest BCUT2D eigenvalue weighted by Gasteiger charge is 2.45. The molecule has 0 spiro atoms. The van der Waals surface area contributed by atoms with E-state index in [0.29, 0.717) is 18.4 Å². The summed E-state index contributed by atoms with van der Waals surface area (Å²) in [6.45, 7) is 7.96. The van der Waals surface area contributed by atoms with Gasteiger partial charge in [0.1, 0.15) is 11.6 Å². The first kappa shape index (κ1) is 27.8. The Morgan fingerprint density at radius 3 is 2.42 bits per heavy atom. The van der Waals surface area contributed by atoms with Gasteiger partial charge in [-0.15, -0.1) is 5.10 Å². The molecule has 10 heteroatoms. The first-order valence-corrected chi connectivity index (χ1v) is 12.1. The Bertz CT molecular complexity index is 1100. The van der Waals surface area contributed by atoms with Crippen molar-refractivity contribution in [3.63, 3.8) is 0 Å². The number of hydrogen-bond acceptors (Lipinski definition) is 4. The molecule has 1 N–H and O–H groups in total. The number of halogens is 4. The molecule has 1 unspecified atom stereocenters. The van der Waals surface area contributed by atoms with Crippen LogP contribution in [0.5, 0.6) is 0 Å². The fourth-order valence-electron chi connectivity index (χ4n) is 5.03. The Balaban J connectivity index is 1.85. The summed E-state index contributed by atoms with van der Waals surface area (Å²) < 4.78 is 57.8. The van der Waals surface area contributed by atoms with Crippen molar-refractivity contribution in [2.24, 2.45) is 11.3 Å². The maximum Gasteiger partial charge on any atom is 0.434 e. The SMILES string of the molecule is Cc1ccc(CC(=O)CC(CCC(=O)O)c2nnn(C3CC(CC(C)(C)C)C3)c2C(F)(F)F)c(F)c1. The first-order valence-electron chi connectivity index (χ1n) is 12.1. The van der Waals surface area contributed by atoms with Gasteiger partial charge in [0.2, 0.25) is 0 Å². The number of aromatic nitrogens is 3. The molecule has 1 aromatic carbocycles. The van der Waals surface area contributed by atoms with Crippen molar-refractivity contribution < 1.29 is 32.3 Å². The van der Waals surface area contributed by atoms with Crippen LogP contribution >= 0.6 is 0 Å². The molecule has 6 nitrogen and oxygen atoms in total. The fraction of sp³-hybridized carbons (Fsp3) is 0.615. The van der Waals surface area contributed by atoms with Gasteiger partial charge >= 0.3 is 12.1 Å². The zero-order chi connectivity index (χ0) is 26.8. The van der Waals surface area contributed by atoms with Crippen molar-refractivity contribution >= 4 is 11.8 Å². The van der Waals surface area contributed by atoms with E-state index in [2.05, 4.69) is 31.1 Å². The van der Waals surface area contributed by atoms with Crippen molar-refractivity contribution in [2.75, 3.05) is 0 Å². The van der Waals surface area contributed by atoms with E-state index < -0.39 is 53.5 Å². The van der Waals surface area contributed by atoms with Gasteiger partial charge in [-0.1, -0.05) is 38.1 Å². The van der Waals surface area contributed by atoms with Crippen molar-refractivity contribution in [3.8, 4) is 0 Å². The van der Waals surface area contributed by atoms with Gasteiger partial charge in [0.05, 0.1) is 11.7 Å². The van der Waals surface area contributed by atoms with Gasteiger partial charge in [-0.2, -0.15) is 13.2 Å². The number of aryl methyl sites for hydroxylation is 1. The van der Waals surface area contributed by atoms with Crippen molar-refractivity contribution in [1.29, 1.82) is 0 Å². The Morgan fingerprint density at radius 2 is 1.86 bits per heavy atom. The van der Waals surface area contributed by atoms with Gasteiger partial charge < -0.3 is 5.11 Å². The molecule has 1 heterocycles. The summed E-state index contributed by atoms with van der Waals surface area (Å²) in [4.78, 5) is 24.0. The average Bonchev–Trinajstić information content (AvgIpc) is 3.14. The molecule has 2 aromatic rings. The third-order valence-corrected chi connectivity index (χ3v) is 6.61. The number of carbonyl (C=O) groups is 2. The van der Waals surface area contributed by atoms with E-state index >= 15 is 0 Å². The van der Waals surface area contributed by atoms with E-state index in [1.807, 2.05) is 0 Å². The molecule has 1 fully saturated rings. The van der Waals surface area contributed by atoms with Gasteiger partial charge in [-0.3, -0.25) is 9.59 Å². The van der Waals surface area contributed by atoms with E-state index in [1.54, 1.807) is 13.0 Å². The van der Waals surface area contributed by atoms with Crippen LogP contribution in [0, 0.1) is 24.1 Å². The molecule has 3 rings (SSSR count). The molecule has 0 amide bonds. The van der Waals surface area contributed by atoms with Crippen LogP contribution in [-0.4, -0.2) is 31.9 Å².